The highest BCUT2D eigenvalue weighted by atomic mass is 16.4. The molecule has 108 valence electrons. The van der Waals surface area contributed by atoms with Crippen LogP contribution in [0.5, 0.6) is 0 Å². The smallest absolute Gasteiger partial charge is 0.326 e. The summed E-state index contributed by atoms with van der Waals surface area (Å²) in [5, 5.41) is 11.6. The van der Waals surface area contributed by atoms with Gasteiger partial charge in [0.15, 0.2) is 0 Å². The Kier molecular flexibility index (Phi) is 4.91. The Balaban J connectivity index is 2.61. The molecule has 0 spiro atoms. The fourth-order valence-electron chi connectivity index (χ4n) is 2.63. The molecule has 1 aliphatic rings. The van der Waals surface area contributed by atoms with Crippen molar-refractivity contribution in [2.75, 3.05) is 0 Å². The Morgan fingerprint density at radius 3 is 2.47 bits per heavy atom. The average Bonchev–Trinajstić information content (AvgIpc) is 2.63. The van der Waals surface area contributed by atoms with E-state index in [0.717, 1.165) is 19.3 Å². The highest BCUT2D eigenvalue weighted by Gasteiger charge is 2.40. The molecule has 1 rings (SSSR count). The third-order valence-corrected chi connectivity index (χ3v) is 3.87. The summed E-state index contributed by atoms with van der Waals surface area (Å²) in [6.45, 7) is 4.03. The lowest BCUT2D eigenvalue weighted by molar-refractivity contribution is -0.143. The van der Waals surface area contributed by atoms with Gasteiger partial charge >= 0.3 is 5.97 Å². The number of hydrogen-bond acceptors (Lipinski definition) is 3. The topological polar surface area (TPSA) is 109 Å². The predicted octanol–water partition coefficient (Wildman–Crippen LogP) is 0.648. The van der Waals surface area contributed by atoms with E-state index in [1.807, 2.05) is 13.8 Å². The third kappa shape index (κ3) is 4.22. The number of carboxylic acid groups (broad SMARTS) is 1. The van der Waals surface area contributed by atoms with Crippen LogP contribution in [-0.2, 0) is 14.4 Å². The average molecular weight is 270 g/mol. The van der Waals surface area contributed by atoms with E-state index in [0.29, 0.717) is 0 Å². The van der Waals surface area contributed by atoms with Gasteiger partial charge < -0.3 is 16.2 Å². The normalized spacial score (nSPS) is 22.7. The molecule has 0 aromatic rings. The molecule has 2 unspecified atom stereocenters. The first-order chi connectivity index (χ1) is 8.74. The van der Waals surface area contributed by atoms with Crippen LogP contribution in [0, 0.1) is 11.3 Å². The molecule has 1 aliphatic carbocycles. The maximum atomic E-state index is 12.1. The fraction of sp³-hybridized carbons (Fsp3) is 0.769. The summed E-state index contributed by atoms with van der Waals surface area (Å²) in [7, 11) is 0. The van der Waals surface area contributed by atoms with E-state index in [4.69, 9.17) is 10.8 Å². The second kappa shape index (κ2) is 6.04. The van der Waals surface area contributed by atoms with Crippen molar-refractivity contribution >= 4 is 17.8 Å². The van der Waals surface area contributed by atoms with E-state index >= 15 is 0 Å². The van der Waals surface area contributed by atoms with Crippen LogP contribution in [0.15, 0.2) is 0 Å². The molecule has 0 bridgehead atoms. The van der Waals surface area contributed by atoms with E-state index < -0.39 is 17.9 Å². The maximum absolute atomic E-state index is 12.1. The van der Waals surface area contributed by atoms with Crippen LogP contribution < -0.4 is 11.1 Å². The van der Waals surface area contributed by atoms with E-state index in [1.54, 1.807) is 0 Å². The summed E-state index contributed by atoms with van der Waals surface area (Å²) in [4.78, 5) is 33.9. The van der Waals surface area contributed by atoms with Gasteiger partial charge in [0.1, 0.15) is 6.04 Å². The van der Waals surface area contributed by atoms with Crippen LogP contribution in [-0.4, -0.2) is 28.9 Å². The first-order valence-electron chi connectivity index (χ1n) is 6.55. The highest BCUT2D eigenvalue weighted by molar-refractivity contribution is 5.86. The van der Waals surface area contributed by atoms with Crippen LogP contribution in [0.2, 0.25) is 0 Å². The molecule has 0 heterocycles. The van der Waals surface area contributed by atoms with Gasteiger partial charge in [-0.15, -0.1) is 0 Å². The second-order valence-electron chi connectivity index (χ2n) is 5.84. The zero-order valence-electron chi connectivity index (χ0n) is 11.4. The number of carboxylic acids is 1. The minimum Gasteiger partial charge on any atom is -0.480 e. The summed E-state index contributed by atoms with van der Waals surface area (Å²) in [5.41, 5.74) is 4.89. The molecule has 4 N–H and O–H groups in total. The van der Waals surface area contributed by atoms with E-state index in [-0.39, 0.29) is 30.1 Å². The minimum atomic E-state index is -1.13. The van der Waals surface area contributed by atoms with Crippen molar-refractivity contribution in [3.8, 4) is 0 Å². The van der Waals surface area contributed by atoms with Crippen molar-refractivity contribution in [1.82, 2.24) is 5.32 Å². The Bertz CT molecular complexity index is 379. The molecule has 2 atom stereocenters. The number of aliphatic carboxylic acids is 1. The molecule has 6 heteroatoms. The van der Waals surface area contributed by atoms with Gasteiger partial charge in [-0.1, -0.05) is 20.3 Å². The van der Waals surface area contributed by atoms with Crippen LogP contribution in [0.1, 0.15) is 46.0 Å². The SMILES string of the molecule is CC1(C)CCCC1C(=O)NC(CCC(N)=O)C(=O)O. The van der Waals surface area contributed by atoms with Gasteiger partial charge in [-0.25, -0.2) is 4.79 Å². The third-order valence-electron chi connectivity index (χ3n) is 3.87. The number of hydrogen-bond donors (Lipinski definition) is 3. The van der Waals surface area contributed by atoms with Crippen LogP contribution in [0.4, 0.5) is 0 Å². The van der Waals surface area contributed by atoms with Gasteiger partial charge in [0.25, 0.3) is 0 Å². The van der Waals surface area contributed by atoms with Gasteiger partial charge in [0, 0.05) is 12.3 Å². The molecule has 0 saturated heterocycles. The van der Waals surface area contributed by atoms with Gasteiger partial charge in [0.05, 0.1) is 0 Å². The molecule has 1 fully saturated rings. The fourth-order valence-corrected chi connectivity index (χ4v) is 2.63. The molecule has 19 heavy (non-hydrogen) atoms. The molecule has 6 nitrogen and oxygen atoms in total. The van der Waals surface area contributed by atoms with Crippen molar-refractivity contribution in [2.45, 2.75) is 52.0 Å². The summed E-state index contributed by atoms with van der Waals surface area (Å²) >= 11 is 0. The van der Waals surface area contributed by atoms with Crippen molar-refractivity contribution < 1.29 is 19.5 Å². The van der Waals surface area contributed by atoms with Gasteiger partial charge in [-0.05, 0) is 24.7 Å². The molecule has 2 amide bonds. The molecule has 0 aliphatic heterocycles. The Labute approximate surface area is 112 Å². The molecular weight excluding hydrogens is 248 g/mol. The number of nitrogens with two attached hydrogens (primary N) is 1. The summed E-state index contributed by atoms with van der Waals surface area (Å²) in [5.74, 6) is -2.10. The second-order valence-corrected chi connectivity index (χ2v) is 5.84. The number of carbonyl (C=O) groups is 3. The molecule has 0 aromatic carbocycles. The summed E-state index contributed by atoms with van der Waals surface area (Å²) < 4.78 is 0. The van der Waals surface area contributed by atoms with Gasteiger partial charge in [-0.2, -0.15) is 0 Å². The van der Waals surface area contributed by atoms with Crippen molar-refractivity contribution in [1.29, 1.82) is 0 Å². The molecule has 0 radical (unpaired) electrons. The van der Waals surface area contributed by atoms with E-state index in [2.05, 4.69) is 5.32 Å². The predicted molar refractivity (Wildman–Crippen MR) is 69.1 cm³/mol. The van der Waals surface area contributed by atoms with Crippen LogP contribution in [0.3, 0.4) is 0 Å². The molecule has 0 aromatic heterocycles. The highest BCUT2D eigenvalue weighted by Crippen LogP contribution is 2.42. The first-order valence-corrected chi connectivity index (χ1v) is 6.55. The van der Waals surface area contributed by atoms with Crippen LogP contribution >= 0.6 is 0 Å². The van der Waals surface area contributed by atoms with Crippen LogP contribution in [0.25, 0.3) is 0 Å². The zero-order valence-corrected chi connectivity index (χ0v) is 11.4. The van der Waals surface area contributed by atoms with Crippen molar-refractivity contribution in [2.24, 2.45) is 17.1 Å². The largest absolute Gasteiger partial charge is 0.480 e. The molecule has 1 saturated carbocycles. The van der Waals surface area contributed by atoms with Gasteiger partial charge in [-0.3, -0.25) is 9.59 Å². The Morgan fingerprint density at radius 2 is 2.05 bits per heavy atom. The lowest BCUT2D eigenvalue weighted by Crippen LogP contribution is -2.46. The number of carbonyl (C=O) groups excluding carboxylic acids is 2. The van der Waals surface area contributed by atoms with E-state index in [1.165, 1.54) is 0 Å². The standard InChI is InChI=1S/C13H22N2O4/c1-13(2)7-3-4-8(13)11(17)15-9(12(18)19)5-6-10(14)16/h8-9H,3-7H2,1-2H3,(H2,14,16)(H,15,17)(H,18,19). The maximum Gasteiger partial charge on any atom is 0.326 e. The summed E-state index contributed by atoms with van der Waals surface area (Å²) in [6.07, 6.45) is 2.70. The monoisotopic (exact) mass is 270 g/mol. The lowest BCUT2D eigenvalue weighted by Gasteiger charge is -2.27. The quantitative estimate of drug-likeness (QED) is 0.658. The minimum absolute atomic E-state index is 0.0313. The number of amides is 2. The number of rotatable bonds is 6. The zero-order chi connectivity index (χ0) is 14.6. The van der Waals surface area contributed by atoms with Crippen molar-refractivity contribution in [3.05, 3.63) is 0 Å². The molecular formula is C13H22N2O4. The van der Waals surface area contributed by atoms with Crippen molar-refractivity contribution in [3.63, 3.8) is 0 Å². The lowest BCUT2D eigenvalue weighted by atomic mass is 9.81. The summed E-state index contributed by atoms with van der Waals surface area (Å²) in [6, 6.07) is -1.05. The first kappa shape index (κ1) is 15.5. The Hall–Kier alpha value is -1.59. The number of nitrogens with one attached hydrogen (secondary N) is 1. The van der Waals surface area contributed by atoms with Gasteiger partial charge in [0.2, 0.25) is 11.8 Å². The van der Waals surface area contributed by atoms with E-state index in [9.17, 15) is 14.4 Å². The Morgan fingerprint density at radius 1 is 1.42 bits per heavy atom. The number of primary amides is 1.